The van der Waals surface area contributed by atoms with Gasteiger partial charge in [-0.3, -0.25) is 0 Å². The van der Waals surface area contributed by atoms with Crippen LogP contribution in [0.5, 0.6) is 0 Å². The molecule has 0 spiro atoms. The van der Waals surface area contributed by atoms with Crippen LogP contribution in [-0.4, -0.2) is 19.1 Å². The standard InChI is InChI=1S/C15H26N2/c1-6-17(11-15(4,5)13(3)16)14-9-7-12(2)8-10-14/h7-10,13H,6,11,16H2,1-5H3. The molecular formula is C15H26N2. The molecule has 2 N–H and O–H groups in total. The summed E-state index contributed by atoms with van der Waals surface area (Å²) in [5.74, 6) is 0. The van der Waals surface area contributed by atoms with Crippen LogP contribution >= 0.6 is 0 Å². The number of nitrogens with two attached hydrogens (primary N) is 1. The van der Waals surface area contributed by atoms with Gasteiger partial charge in [-0.1, -0.05) is 31.5 Å². The zero-order valence-corrected chi connectivity index (χ0v) is 11.8. The predicted octanol–water partition coefficient (Wildman–Crippen LogP) is 3.19. The lowest BCUT2D eigenvalue weighted by molar-refractivity contribution is 0.305. The zero-order chi connectivity index (χ0) is 13.1. The predicted molar refractivity (Wildman–Crippen MR) is 76.5 cm³/mol. The molecule has 0 saturated carbocycles. The molecule has 0 amide bonds. The van der Waals surface area contributed by atoms with E-state index in [4.69, 9.17) is 5.73 Å². The summed E-state index contributed by atoms with van der Waals surface area (Å²) in [5, 5.41) is 0. The Morgan fingerprint density at radius 1 is 1.24 bits per heavy atom. The second-order valence-corrected chi connectivity index (χ2v) is 5.63. The van der Waals surface area contributed by atoms with E-state index in [1.807, 2.05) is 0 Å². The molecule has 2 nitrogen and oxygen atoms in total. The molecule has 1 rings (SSSR count). The minimum Gasteiger partial charge on any atom is -0.371 e. The molecule has 2 heteroatoms. The highest BCUT2D eigenvalue weighted by molar-refractivity contribution is 5.47. The first-order valence-corrected chi connectivity index (χ1v) is 6.44. The Labute approximate surface area is 106 Å². The summed E-state index contributed by atoms with van der Waals surface area (Å²) in [7, 11) is 0. The van der Waals surface area contributed by atoms with Crippen molar-refractivity contribution >= 4 is 5.69 Å². The summed E-state index contributed by atoms with van der Waals surface area (Å²) in [4.78, 5) is 2.39. The van der Waals surface area contributed by atoms with Crippen molar-refractivity contribution in [1.82, 2.24) is 0 Å². The minimum absolute atomic E-state index is 0.126. The summed E-state index contributed by atoms with van der Waals surface area (Å²) >= 11 is 0. The number of rotatable bonds is 5. The van der Waals surface area contributed by atoms with Crippen molar-refractivity contribution in [2.24, 2.45) is 11.1 Å². The van der Waals surface area contributed by atoms with Crippen molar-refractivity contribution in [2.75, 3.05) is 18.0 Å². The van der Waals surface area contributed by atoms with E-state index in [1.165, 1.54) is 11.3 Å². The fraction of sp³-hybridized carbons (Fsp3) is 0.600. The summed E-state index contributed by atoms with van der Waals surface area (Å²) in [6.45, 7) is 12.9. The average molecular weight is 234 g/mol. The van der Waals surface area contributed by atoms with Crippen LogP contribution in [0, 0.1) is 12.3 Å². The summed E-state index contributed by atoms with van der Waals surface area (Å²) < 4.78 is 0. The molecule has 0 heterocycles. The van der Waals surface area contributed by atoms with Gasteiger partial charge in [0.25, 0.3) is 0 Å². The monoisotopic (exact) mass is 234 g/mol. The Hall–Kier alpha value is -1.02. The topological polar surface area (TPSA) is 29.3 Å². The van der Waals surface area contributed by atoms with Gasteiger partial charge in [-0.25, -0.2) is 0 Å². The summed E-state index contributed by atoms with van der Waals surface area (Å²) in [6.07, 6.45) is 0. The third-order valence-corrected chi connectivity index (χ3v) is 3.61. The molecule has 0 aromatic heterocycles. The van der Waals surface area contributed by atoms with Crippen molar-refractivity contribution in [1.29, 1.82) is 0 Å². The number of hydrogen-bond acceptors (Lipinski definition) is 2. The number of benzene rings is 1. The lowest BCUT2D eigenvalue weighted by Crippen LogP contribution is -2.44. The molecule has 1 atom stereocenters. The van der Waals surface area contributed by atoms with Gasteiger partial charge in [-0.05, 0) is 38.3 Å². The van der Waals surface area contributed by atoms with Gasteiger partial charge in [0, 0.05) is 24.8 Å². The van der Waals surface area contributed by atoms with E-state index in [1.54, 1.807) is 0 Å². The van der Waals surface area contributed by atoms with Crippen molar-refractivity contribution in [2.45, 2.75) is 40.7 Å². The largest absolute Gasteiger partial charge is 0.371 e. The van der Waals surface area contributed by atoms with E-state index in [9.17, 15) is 0 Å². The van der Waals surface area contributed by atoms with Crippen LogP contribution in [0.1, 0.15) is 33.3 Å². The Morgan fingerprint density at radius 2 is 1.76 bits per heavy atom. The number of nitrogens with zero attached hydrogens (tertiary/aromatic N) is 1. The normalized spacial score (nSPS) is 13.5. The second kappa shape index (κ2) is 5.54. The molecule has 17 heavy (non-hydrogen) atoms. The first kappa shape index (κ1) is 14.0. The van der Waals surface area contributed by atoms with Crippen LogP contribution in [-0.2, 0) is 0 Å². The molecule has 0 saturated heterocycles. The van der Waals surface area contributed by atoms with Crippen molar-refractivity contribution in [3.05, 3.63) is 29.8 Å². The third-order valence-electron chi connectivity index (χ3n) is 3.61. The highest BCUT2D eigenvalue weighted by Crippen LogP contribution is 2.24. The maximum absolute atomic E-state index is 6.05. The second-order valence-electron chi connectivity index (χ2n) is 5.63. The molecular weight excluding hydrogens is 208 g/mol. The zero-order valence-electron chi connectivity index (χ0n) is 11.8. The van der Waals surface area contributed by atoms with Gasteiger partial charge in [0.05, 0.1) is 0 Å². The number of hydrogen-bond donors (Lipinski definition) is 1. The Bertz CT molecular complexity index is 338. The van der Waals surface area contributed by atoms with Crippen LogP contribution in [0.25, 0.3) is 0 Å². The summed E-state index contributed by atoms with van der Waals surface area (Å²) in [5.41, 5.74) is 8.76. The summed E-state index contributed by atoms with van der Waals surface area (Å²) in [6, 6.07) is 8.90. The maximum atomic E-state index is 6.05. The first-order valence-electron chi connectivity index (χ1n) is 6.44. The van der Waals surface area contributed by atoms with Gasteiger partial charge in [-0.15, -0.1) is 0 Å². The van der Waals surface area contributed by atoms with E-state index in [0.29, 0.717) is 0 Å². The van der Waals surface area contributed by atoms with Crippen molar-refractivity contribution in [3.8, 4) is 0 Å². The van der Waals surface area contributed by atoms with Gasteiger partial charge in [0.2, 0.25) is 0 Å². The van der Waals surface area contributed by atoms with Gasteiger partial charge < -0.3 is 10.6 Å². The average Bonchev–Trinajstić information content (AvgIpc) is 2.27. The van der Waals surface area contributed by atoms with Gasteiger partial charge in [-0.2, -0.15) is 0 Å². The Morgan fingerprint density at radius 3 is 2.18 bits per heavy atom. The molecule has 1 aromatic carbocycles. The first-order chi connectivity index (χ1) is 7.86. The molecule has 0 aliphatic heterocycles. The molecule has 1 unspecified atom stereocenters. The lowest BCUT2D eigenvalue weighted by atomic mass is 9.85. The van der Waals surface area contributed by atoms with Crippen molar-refractivity contribution in [3.63, 3.8) is 0 Å². The molecule has 0 aliphatic carbocycles. The molecule has 0 aliphatic rings. The van der Waals surface area contributed by atoms with Crippen LogP contribution in [0.15, 0.2) is 24.3 Å². The van der Waals surface area contributed by atoms with Crippen LogP contribution in [0.4, 0.5) is 5.69 Å². The SMILES string of the molecule is CCN(CC(C)(C)C(C)N)c1ccc(C)cc1. The number of aryl methyl sites for hydroxylation is 1. The van der Waals surface area contributed by atoms with E-state index >= 15 is 0 Å². The van der Waals surface area contributed by atoms with E-state index in [0.717, 1.165) is 13.1 Å². The third kappa shape index (κ3) is 3.74. The van der Waals surface area contributed by atoms with Crippen LogP contribution < -0.4 is 10.6 Å². The maximum Gasteiger partial charge on any atom is 0.0366 e. The molecule has 96 valence electrons. The molecule has 0 fully saturated rings. The smallest absolute Gasteiger partial charge is 0.0366 e. The van der Waals surface area contributed by atoms with E-state index in [-0.39, 0.29) is 11.5 Å². The fourth-order valence-electron chi connectivity index (χ4n) is 1.78. The van der Waals surface area contributed by atoms with Crippen LogP contribution in [0.3, 0.4) is 0 Å². The highest BCUT2D eigenvalue weighted by atomic mass is 15.1. The molecule has 0 radical (unpaired) electrons. The number of anilines is 1. The molecule has 1 aromatic rings. The van der Waals surface area contributed by atoms with Gasteiger partial charge >= 0.3 is 0 Å². The van der Waals surface area contributed by atoms with Crippen LogP contribution in [0.2, 0.25) is 0 Å². The Balaban J connectivity index is 2.82. The van der Waals surface area contributed by atoms with Gasteiger partial charge in [0.15, 0.2) is 0 Å². The minimum atomic E-state index is 0.126. The fourth-order valence-corrected chi connectivity index (χ4v) is 1.78. The molecule has 0 bridgehead atoms. The quantitative estimate of drug-likeness (QED) is 0.847. The van der Waals surface area contributed by atoms with Crippen molar-refractivity contribution < 1.29 is 0 Å². The highest BCUT2D eigenvalue weighted by Gasteiger charge is 2.25. The van der Waals surface area contributed by atoms with E-state index < -0.39 is 0 Å². The Kier molecular flexibility index (Phi) is 4.58. The van der Waals surface area contributed by atoms with E-state index in [2.05, 4.69) is 63.8 Å². The van der Waals surface area contributed by atoms with Gasteiger partial charge in [0.1, 0.15) is 0 Å². The lowest BCUT2D eigenvalue weighted by Gasteiger charge is -2.36.